The lowest BCUT2D eigenvalue weighted by Gasteiger charge is -2.09. The van der Waals surface area contributed by atoms with Crippen molar-refractivity contribution in [1.29, 1.82) is 0 Å². The Balaban J connectivity index is 2.75. The van der Waals surface area contributed by atoms with Gasteiger partial charge in [0.15, 0.2) is 9.84 Å². The van der Waals surface area contributed by atoms with Crippen molar-refractivity contribution in [2.75, 3.05) is 12.9 Å². The maximum absolute atomic E-state index is 12.2. The molecule has 0 unspecified atom stereocenters. The molecule has 96 valence electrons. The molecule has 0 amide bonds. The summed E-state index contributed by atoms with van der Waals surface area (Å²) in [6, 6.07) is 6.73. The first-order chi connectivity index (χ1) is 8.60. The van der Waals surface area contributed by atoms with Gasteiger partial charge in [0.2, 0.25) is 0 Å². The second-order valence-corrected chi connectivity index (χ2v) is 6.06. The number of sulfone groups is 1. The molecule has 2 rings (SSSR count). The predicted molar refractivity (Wildman–Crippen MR) is 70.6 cm³/mol. The number of ether oxygens (including phenoxy) is 1. The van der Waals surface area contributed by atoms with Crippen molar-refractivity contribution in [3.8, 4) is 5.75 Å². The fourth-order valence-corrected chi connectivity index (χ4v) is 3.47. The van der Waals surface area contributed by atoms with E-state index >= 15 is 0 Å². The number of methoxy groups -OCH3 is 1. The van der Waals surface area contributed by atoms with Gasteiger partial charge in [-0.25, -0.2) is 8.42 Å². The third kappa shape index (κ3) is 2.18. The van der Waals surface area contributed by atoms with E-state index in [4.69, 9.17) is 4.74 Å². The van der Waals surface area contributed by atoms with Crippen LogP contribution in [-0.4, -0.2) is 26.3 Å². The molecule has 4 nitrogen and oxygen atoms in total. The van der Waals surface area contributed by atoms with Crippen LogP contribution in [0.5, 0.6) is 5.75 Å². The summed E-state index contributed by atoms with van der Waals surface area (Å²) in [7, 11) is -1.71. The highest BCUT2D eigenvalue weighted by Gasteiger charge is 2.18. The number of pyridine rings is 1. The van der Waals surface area contributed by atoms with Crippen LogP contribution in [0, 0.1) is 0 Å². The number of benzene rings is 1. The third-order valence-corrected chi connectivity index (χ3v) is 4.69. The summed E-state index contributed by atoms with van der Waals surface area (Å²) in [5.74, 6) is 0.726. The van der Waals surface area contributed by atoms with Crippen molar-refractivity contribution >= 4 is 20.7 Å². The second-order valence-electron chi connectivity index (χ2n) is 3.98. The molecule has 0 atom stereocenters. The van der Waals surface area contributed by atoms with Gasteiger partial charge in [-0.1, -0.05) is 6.92 Å². The van der Waals surface area contributed by atoms with Gasteiger partial charge in [-0.3, -0.25) is 4.98 Å². The Kier molecular flexibility index (Phi) is 3.52. The van der Waals surface area contributed by atoms with Crippen LogP contribution in [0.15, 0.2) is 35.4 Å². The van der Waals surface area contributed by atoms with E-state index in [1.807, 2.05) is 6.92 Å². The van der Waals surface area contributed by atoms with Gasteiger partial charge >= 0.3 is 0 Å². The summed E-state index contributed by atoms with van der Waals surface area (Å²) >= 11 is 0. The van der Waals surface area contributed by atoms with Crippen LogP contribution in [0.2, 0.25) is 0 Å². The fourth-order valence-electron chi connectivity index (χ4n) is 1.94. The molecule has 2 aromatic rings. The van der Waals surface area contributed by atoms with Crippen LogP contribution >= 0.6 is 0 Å². The van der Waals surface area contributed by atoms with Gasteiger partial charge in [0.1, 0.15) is 11.3 Å². The Hall–Kier alpha value is -1.62. The molecule has 0 aliphatic carbocycles. The number of fused-ring (bicyclic) bond motifs is 1. The average Bonchev–Trinajstić information content (AvgIpc) is 2.37. The lowest BCUT2D eigenvalue weighted by molar-refractivity contribution is 0.418. The van der Waals surface area contributed by atoms with E-state index < -0.39 is 9.84 Å². The number of rotatable bonds is 4. The molecule has 18 heavy (non-hydrogen) atoms. The van der Waals surface area contributed by atoms with Crippen LogP contribution in [0.3, 0.4) is 0 Å². The highest BCUT2D eigenvalue weighted by atomic mass is 32.2. The molecule has 1 aromatic carbocycles. The first-order valence-corrected chi connectivity index (χ1v) is 7.40. The predicted octanol–water partition coefficient (Wildman–Crippen LogP) is 2.43. The molecule has 0 fully saturated rings. The molecule has 0 N–H and O–H groups in total. The first kappa shape index (κ1) is 12.8. The van der Waals surface area contributed by atoms with Gasteiger partial charge in [0.25, 0.3) is 0 Å². The minimum absolute atomic E-state index is 0.142. The zero-order valence-electron chi connectivity index (χ0n) is 10.4. The molecule has 0 spiro atoms. The number of aromatic nitrogens is 1. The second kappa shape index (κ2) is 4.94. The monoisotopic (exact) mass is 265 g/mol. The number of nitrogens with zero attached hydrogens (tertiary/aromatic N) is 1. The van der Waals surface area contributed by atoms with Gasteiger partial charge in [-0.15, -0.1) is 0 Å². The van der Waals surface area contributed by atoms with Crippen LogP contribution in [0.1, 0.15) is 13.3 Å². The molecule has 1 aromatic heterocycles. The van der Waals surface area contributed by atoms with E-state index in [0.29, 0.717) is 28.0 Å². The SMILES string of the molecule is CCCS(=O)(=O)c1ccc(OC)c2ncccc12. The number of hydrogen-bond donors (Lipinski definition) is 0. The summed E-state index contributed by atoms with van der Waals surface area (Å²) in [6.45, 7) is 1.85. The van der Waals surface area contributed by atoms with Crippen molar-refractivity contribution in [3.05, 3.63) is 30.5 Å². The first-order valence-electron chi connectivity index (χ1n) is 5.74. The van der Waals surface area contributed by atoms with Crippen LogP contribution < -0.4 is 4.74 Å². The van der Waals surface area contributed by atoms with E-state index in [0.717, 1.165) is 0 Å². The highest BCUT2D eigenvalue weighted by molar-refractivity contribution is 7.91. The highest BCUT2D eigenvalue weighted by Crippen LogP contribution is 2.29. The van der Waals surface area contributed by atoms with E-state index in [9.17, 15) is 8.42 Å². The smallest absolute Gasteiger partial charge is 0.179 e. The Morgan fingerprint density at radius 2 is 2.06 bits per heavy atom. The zero-order valence-corrected chi connectivity index (χ0v) is 11.2. The maximum atomic E-state index is 12.2. The minimum Gasteiger partial charge on any atom is -0.494 e. The quantitative estimate of drug-likeness (QED) is 0.852. The summed E-state index contributed by atoms with van der Waals surface area (Å²) in [4.78, 5) is 4.52. The molecule has 0 saturated carbocycles. The summed E-state index contributed by atoms with van der Waals surface area (Å²) in [5, 5.41) is 0.616. The van der Waals surface area contributed by atoms with Crippen molar-refractivity contribution in [2.24, 2.45) is 0 Å². The molecule has 5 heteroatoms. The van der Waals surface area contributed by atoms with Crippen molar-refractivity contribution in [1.82, 2.24) is 4.98 Å². The van der Waals surface area contributed by atoms with Gasteiger partial charge < -0.3 is 4.74 Å². The fraction of sp³-hybridized carbons (Fsp3) is 0.308. The van der Waals surface area contributed by atoms with E-state index in [1.54, 1.807) is 37.6 Å². The normalized spacial score (nSPS) is 11.7. The van der Waals surface area contributed by atoms with Crippen LogP contribution in [0.25, 0.3) is 10.9 Å². The van der Waals surface area contributed by atoms with E-state index in [-0.39, 0.29) is 5.75 Å². The topological polar surface area (TPSA) is 56.3 Å². The molecule has 0 bridgehead atoms. The Morgan fingerprint density at radius 1 is 1.28 bits per heavy atom. The van der Waals surface area contributed by atoms with Gasteiger partial charge in [-0.05, 0) is 30.7 Å². The Labute approximate surface area is 107 Å². The Morgan fingerprint density at radius 3 is 2.72 bits per heavy atom. The molecule has 0 aliphatic heterocycles. The lowest BCUT2D eigenvalue weighted by atomic mass is 10.2. The molecule has 0 saturated heterocycles. The average molecular weight is 265 g/mol. The lowest BCUT2D eigenvalue weighted by Crippen LogP contribution is -2.07. The van der Waals surface area contributed by atoms with Gasteiger partial charge in [0, 0.05) is 11.6 Å². The zero-order chi connectivity index (χ0) is 13.2. The van der Waals surface area contributed by atoms with Crippen molar-refractivity contribution in [2.45, 2.75) is 18.2 Å². The molecular weight excluding hydrogens is 250 g/mol. The van der Waals surface area contributed by atoms with Crippen LogP contribution in [0.4, 0.5) is 0 Å². The summed E-state index contributed by atoms with van der Waals surface area (Å²) < 4.78 is 29.6. The Bertz CT molecular complexity index is 665. The van der Waals surface area contributed by atoms with Gasteiger partial charge in [0.05, 0.1) is 17.8 Å². The number of hydrogen-bond acceptors (Lipinski definition) is 4. The minimum atomic E-state index is -3.26. The van der Waals surface area contributed by atoms with E-state index in [2.05, 4.69) is 4.98 Å². The third-order valence-electron chi connectivity index (χ3n) is 2.72. The van der Waals surface area contributed by atoms with E-state index in [1.165, 1.54) is 0 Å². The molecule has 0 aliphatic rings. The largest absolute Gasteiger partial charge is 0.494 e. The summed E-state index contributed by atoms with van der Waals surface area (Å²) in [5.41, 5.74) is 0.581. The maximum Gasteiger partial charge on any atom is 0.179 e. The van der Waals surface area contributed by atoms with Crippen molar-refractivity contribution < 1.29 is 13.2 Å². The van der Waals surface area contributed by atoms with Crippen molar-refractivity contribution in [3.63, 3.8) is 0 Å². The summed E-state index contributed by atoms with van der Waals surface area (Å²) in [6.07, 6.45) is 2.22. The molecule has 1 heterocycles. The molecule has 0 radical (unpaired) electrons. The molecular formula is C13H15NO3S. The van der Waals surface area contributed by atoms with Gasteiger partial charge in [-0.2, -0.15) is 0 Å². The standard InChI is InChI=1S/C13H15NO3S/c1-3-9-18(15,16)12-7-6-11(17-2)13-10(12)5-4-8-14-13/h4-8H,3,9H2,1-2H3. The van der Waals surface area contributed by atoms with Crippen LogP contribution in [-0.2, 0) is 9.84 Å².